The number of nitrogens with zero attached hydrogens (tertiary/aromatic N) is 3. The molecule has 1 fully saturated rings. The maximum absolute atomic E-state index is 5.40. The normalized spacial score (nSPS) is 17.0. The number of hydrogen-bond donors (Lipinski definition) is 1. The Morgan fingerprint density at radius 3 is 2.48 bits per heavy atom. The molecule has 0 amide bonds. The zero-order chi connectivity index (χ0) is 14.6. The van der Waals surface area contributed by atoms with Gasteiger partial charge in [0.25, 0.3) is 0 Å². The Morgan fingerprint density at radius 1 is 1.29 bits per heavy atom. The molecular weight excluding hydrogens is 288 g/mol. The maximum Gasteiger partial charge on any atom is 0.232 e. The van der Waals surface area contributed by atoms with E-state index >= 15 is 0 Å². The van der Waals surface area contributed by atoms with E-state index in [0.29, 0.717) is 6.04 Å². The van der Waals surface area contributed by atoms with E-state index in [1.165, 1.54) is 12.8 Å². The Kier molecular flexibility index (Phi) is 7.10. The van der Waals surface area contributed by atoms with Crippen molar-refractivity contribution in [2.24, 2.45) is 0 Å². The molecule has 1 aliphatic heterocycles. The van der Waals surface area contributed by atoms with E-state index in [1.54, 1.807) is 0 Å². The van der Waals surface area contributed by atoms with Gasteiger partial charge in [-0.1, -0.05) is 32.9 Å². The molecule has 122 valence electrons. The van der Waals surface area contributed by atoms with Crippen LogP contribution in [0.3, 0.4) is 0 Å². The maximum atomic E-state index is 5.40. The van der Waals surface area contributed by atoms with Crippen LogP contribution >= 0.6 is 12.4 Å². The van der Waals surface area contributed by atoms with Gasteiger partial charge in [0.1, 0.15) is 0 Å². The molecule has 0 spiro atoms. The van der Waals surface area contributed by atoms with Gasteiger partial charge in [0, 0.05) is 11.5 Å². The number of nitrogens with one attached hydrogen (secondary N) is 1. The lowest BCUT2D eigenvalue weighted by molar-refractivity contribution is 0.149. The summed E-state index contributed by atoms with van der Waals surface area (Å²) in [4.78, 5) is 7.08. The molecule has 2 heterocycles. The zero-order valence-electron chi connectivity index (χ0n) is 13.7. The quantitative estimate of drug-likeness (QED) is 0.905. The van der Waals surface area contributed by atoms with Crippen LogP contribution in [0.4, 0.5) is 0 Å². The van der Waals surface area contributed by atoms with Gasteiger partial charge in [0.15, 0.2) is 5.82 Å². The third-order valence-electron chi connectivity index (χ3n) is 3.79. The van der Waals surface area contributed by atoms with Crippen molar-refractivity contribution in [3.8, 4) is 0 Å². The summed E-state index contributed by atoms with van der Waals surface area (Å²) in [5.41, 5.74) is -0.0738. The second-order valence-corrected chi connectivity index (χ2v) is 6.72. The summed E-state index contributed by atoms with van der Waals surface area (Å²) in [5.74, 6) is 1.55. The van der Waals surface area contributed by atoms with Crippen molar-refractivity contribution < 1.29 is 4.52 Å². The molecule has 0 unspecified atom stereocenters. The predicted molar refractivity (Wildman–Crippen MR) is 86.8 cm³/mol. The lowest BCUT2D eigenvalue weighted by Crippen LogP contribution is -2.43. The number of rotatable bonds is 5. The summed E-state index contributed by atoms with van der Waals surface area (Å²) in [6, 6.07) is 0.646. The highest BCUT2D eigenvalue weighted by Crippen LogP contribution is 2.21. The van der Waals surface area contributed by atoms with Crippen LogP contribution in [0.15, 0.2) is 4.52 Å². The van der Waals surface area contributed by atoms with Gasteiger partial charge < -0.3 is 9.84 Å². The molecule has 1 aromatic heterocycles. The minimum atomic E-state index is -0.0738. The van der Waals surface area contributed by atoms with Gasteiger partial charge in [-0.2, -0.15) is 4.98 Å². The monoisotopic (exact) mass is 316 g/mol. The first-order chi connectivity index (χ1) is 9.50. The molecular formula is C15H29ClN4O. The van der Waals surface area contributed by atoms with Gasteiger partial charge in [0.05, 0.1) is 6.54 Å². The Balaban J connectivity index is 0.00000220. The summed E-state index contributed by atoms with van der Waals surface area (Å²) in [6.45, 7) is 12.7. The summed E-state index contributed by atoms with van der Waals surface area (Å²) in [6.07, 6.45) is 3.59. The molecule has 0 aliphatic carbocycles. The van der Waals surface area contributed by atoms with E-state index < -0.39 is 0 Å². The van der Waals surface area contributed by atoms with Crippen molar-refractivity contribution in [1.82, 2.24) is 20.4 Å². The summed E-state index contributed by atoms with van der Waals surface area (Å²) in [7, 11) is 0. The SMILES string of the molecule is CCCN(Cc1noc(C(C)(C)C)n1)C1CCNCC1.Cl. The second kappa shape index (κ2) is 8.11. The highest BCUT2D eigenvalue weighted by Gasteiger charge is 2.25. The highest BCUT2D eigenvalue weighted by atomic mass is 35.5. The molecule has 0 saturated carbocycles. The lowest BCUT2D eigenvalue weighted by Gasteiger charge is -2.33. The first-order valence-corrected chi connectivity index (χ1v) is 7.78. The molecule has 0 atom stereocenters. The van der Waals surface area contributed by atoms with Crippen molar-refractivity contribution in [3.63, 3.8) is 0 Å². The van der Waals surface area contributed by atoms with Gasteiger partial charge in [-0.15, -0.1) is 12.4 Å². The third-order valence-corrected chi connectivity index (χ3v) is 3.79. The Morgan fingerprint density at radius 2 is 1.95 bits per heavy atom. The van der Waals surface area contributed by atoms with E-state index in [9.17, 15) is 0 Å². The molecule has 1 aliphatic rings. The average molecular weight is 317 g/mol. The fraction of sp³-hybridized carbons (Fsp3) is 0.867. The molecule has 1 N–H and O–H groups in total. The first-order valence-electron chi connectivity index (χ1n) is 7.78. The topological polar surface area (TPSA) is 54.2 Å². The highest BCUT2D eigenvalue weighted by molar-refractivity contribution is 5.85. The van der Waals surface area contributed by atoms with Crippen LogP contribution < -0.4 is 5.32 Å². The number of piperidine rings is 1. The smallest absolute Gasteiger partial charge is 0.232 e. The van der Waals surface area contributed by atoms with Crippen LogP contribution in [0.1, 0.15) is 58.7 Å². The molecule has 1 aromatic rings. The average Bonchev–Trinajstić information content (AvgIpc) is 2.88. The molecule has 2 rings (SSSR count). The van der Waals surface area contributed by atoms with Crippen LogP contribution in [-0.2, 0) is 12.0 Å². The van der Waals surface area contributed by atoms with E-state index in [4.69, 9.17) is 4.52 Å². The largest absolute Gasteiger partial charge is 0.339 e. The Labute approximate surface area is 134 Å². The van der Waals surface area contributed by atoms with E-state index in [-0.39, 0.29) is 17.8 Å². The van der Waals surface area contributed by atoms with Crippen LogP contribution in [0, 0.1) is 0 Å². The van der Waals surface area contributed by atoms with E-state index in [2.05, 4.69) is 48.1 Å². The van der Waals surface area contributed by atoms with Crippen molar-refractivity contribution in [2.75, 3.05) is 19.6 Å². The van der Waals surface area contributed by atoms with Gasteiger partial charge >= 0.3 is 0 Å². The van der Waals surface area contributed by atoms with E-state index in [0.717, 1.165) is 44.3 Å². The fourth-order valence-electron chi connectivity index (χ4n) is 2.65. The molecule has 0 bridgehead atoms. The summed E-state index contributed by atoms with van der Waals surface area (Å²) < 4.78 is 5.40. The lowest BCUT2D eigenvalue weighted by atomic mass is 9.97. The zero-order valence-corrected chi connectivity index (χ0v) is 14.5. The Bertz CT molecular complexity index is 410. The standard InChI is InChI=1S/C15H28N4O.ClH/c1-5-10-19(12-6-8-16-9-7-12)11-13-17-14(20-18-13)15(2,3)4;/h12,16H,5-11H2,1-4H3;1H. The number of aromatic nitrogens is 2. The summed E-state index contributed by atoms with van der Waals surface area (Å²) >= 11 is 0. The van der Waals surface area contributed by atoms with Crippen LogP contribution in [0.5, 0.6) is 0 Å². The van der Waals surface area contributed by atoms with Crippen LogP contribution in [-0.4, -0.2) is 40.7 Å². The third kappa shape index (κ3) is 5.24. The van der Waals surface area contributed by atoms with Crippen molar-refractivity contribution in [3.05, 3.63) is 11.7 Å². The molecule has 21 heavy (non-hydrogen) atoms. The van der Waals surface area contributed by atoms with Gasteiger partial charge in [0.2, 0.25) is 5.89 Å². The van der Waals surface area contributed by atoms with Crippen molar-refractivity contribution in [2.45, 2.75) is 65.0 Å². The minimum absolute atomic E-state index is 0. The summed E-state index contributed by atoms with van der Waals surface area (Å²) in [5, 5.41) is 7.58. The van der Waals surface area contributed by atoms with Gasteiger partial charge in [-0.25, -0.2) is 0 Å². The predicted octanol–water partition coefficient (Wildman–Crippen LogP) is 2.75. The second-order valence-electron chi connectivity index (χ2n) is 6.72. The van der Waals surface area contributed by atoms with Gasteiger partial charge in [-0.3, -0.25) is 4.90 Å². The number of halogens is 1. The van der Waals surface area contributed by atoms with E-state index in [1.807, 2.05) is 0 Å². The number of hydrogen-bond acceptors (Lipinski definition) is 5. The first kappa shape index (κ1) is 18.4. The Hall–Kier alpha value is -0.650. The minimum Gasteiger partial charge on any atom is -0.339 e. The van der Waals surface area contributed by atoms with Crippen LogP contribution in [0.2, 0.25) is 0 Å². The van der Waals surface area contributed by atoms with Crippen LogP contribution in [0.25, 0.3) is 0 Å². The fourth-order valence-corrected chi connectivity index (χ4v) is 2.65. The molecule has 0 radical (unpaired) electrons. The van der Waals surface area contributed by atoms with Gasteiger partial charge in [-0.05, 0) is 38.9 Å². The van der Waals surface area contributed by atoms with Crippen molar-refractivity contribution >= 4 is 12.4 Å². The van der Waals surface area contributed by atoms with Crippen molar-refractivity contribution in [1.29, 1.82) is 0 Å². The molecule has 1 saturated heterocycles. The molecule has 5 nitrogen and oxygen atoms in total. The molecule has 0 aromatic carbocycles. The molecule has 6 heteroatoms.